The highest BCUT2D eigenvalue weighted by atomic mass is 15.5. The van der Waals surface area contributed by atoms with Crippen molar-refractivity contribution in [1.82, 2.24) is 9.97 Å². The van der Waals surface area contributed by atoms with Crippen molar-refractivity contribution in [3.8, 4) is 0 Å². The molecule has 2 aromatic carbocycles. The van der Waals surface area contributed by atoms with Crippen LogP contribution in [0.25, 0.3) is 0 Å². The van der Waals surface area contributed by atoms with Gasteiger partial charge in [-0.15, -0.1) is 0 Å². The average Bonchev–Trinajstić information content (AvgIpc) is 2.88. The van der Waals surface area contributed by atoms with Gasteiger partial charge in [-0.25, -0.2) is 9.97 Å². The Kier molecular flexibility index (Phi) is 3.68. The van der Waals surface area contributed by atoms with E-state index in [4.69, 9.17) is 9.97 Å². The van der Waals surface area contributed by atoms with Gasteiger partial charge >= 0.3 is 0 Å². The van der Waals surface area contributed by atoms with Gasteiger partial charge in [0.1, 0.15) is 6.17 Å². The van der Waals surface area contributed by atoms with Crippen LogP contribution >= 0.6 is 0 Å². The number of rotatable bonds is 2. The smallest absolute Gasteiger partial charge is 0.178 e. The summed E-state index contributed by atoms with van der Waals surface area (Å²) in [4.78, 5) is 14.3. The van der Waals surface area contributed by atoms with Gasteiger partial charge < -0.3 is 9.80 Å². The summed E-state index contributed by atoms with van der Waals surface area (Å²) in [6.45, 7) is 8.39. The van der Waals surface area contributed by atoms with Crippen molar-refractivity contribution >= 4 is 23.0 Å². The maximum absolute atomic E-state index is 4.90. The molecule has 0 saturated heterocycles. The molecular weight excluding hydrogens is 308 g/mol. The van der Waals surface area contributed by atoms with Gasteiger partial charge in [0.25, 0.3) is 0 Å². The molecule has 1 atom stereocenters. The number of aromatic nitrogens is 2. The van der Waals surface area contributed by atoms with E-state index >= 15 is 0 Å². The number of hydrogen-bond acceptors (Lipinski definition) is 4. The van der Waals surface area contributed by atoms with Gasteiger partial charge in [0, 0.05) is 11.4 Å². The fourth-order valence-electron chi connectivity index (χ4n) is 3.45. The first kappa shape index (κ1) is 15.6. The predicted octanol–water partition coefficient (Wildman–Crippen LogP) is 5.04. The maximum Gasteiger partial charge on any atom is 0.178 e. The highest BCUT2D eigenvalue weighted by Crippen LogP contribution is 2.46. The van der Waals surface area contributed by atoms with Gasteiger partial charge in [-0.3, -0.25) is 0 Å². The molecule has 3 aromatic rings. The van der Waals surface area contributed by atoms with Crippen LogP contribution in [0.2, 0.25) is 0 Å². The fourth-order valence-corrected chi connectivity index (χ4v) is 3.45. The largest absolute Gasteiger partial charge is 0.302 e. The van der Waals surface area contributed by atoms with E-state index in [1.807, 2.05) is 19.9 Å². The zero-order valence-corrected chi connectivity index (χ0v) is 15.1. The molecule has 0 fully saturated rings. The minimum atomic E-state index is 0.0969. The molecule has 4 rings (SSSR count). The van der Waals surface area contributed by atoms with E-state index in [9.17, 15) is 0 Å². The molecule has 0 amide bonds. The molecule has 1 aliphatic rings. The van der Waals surface area contributed by atoms with E-state index in [-0.39, 0.29) is 6.17 Å². The van der Waals surface area contributed by atoms with Gasteiger partial charge in [-0.1, -0.05) is 36.4 Å². The Bertz CT molecular complexity index is 920. The molecule has 1 aliphatic heterocycles. The molecule has 25 heavy (non-hydrogen) atoms. The molecule has 4 nitrogen and oxygen atoms in total. The lowest BCUT2D eigenvalue weighted by Gasteiger charge is -2.30. The van der Waals surface area contributed by atoms with Crippen molar-refractivity contribution in [2.75, 3.05) is 9.80 Å². The first-order valence-electron chi connectivity index (χ1n) is 8.62. The van der Waals surface area contributed by atoms with Gasteiger partial charge in [0.05, 0.1) is 11.4 Å². The van der Waals surface area contributed by atoms with Gasteiger partial charge in [-0.2, -0.15) is 0 Å². The van der Waals surface area contributed by atoms with E-state index in [1.54, 1.807) is 0 Å². The highest BCUT2D eigenvalue weighted by Gasteiger charge is 2.38. The summed E-state index contributed by atoms with van der Waals surface area (Å²) in [5.41, 5.74) is 5.48. The van der Waals surface area contributed by atoms with E-state index in [2.05, 4.69) is 72.2 Å². The van der Waals surface area contributed by atoms with Crippen molar-refractivity contribution in [2.24, 2.45) is 0 Å². The molecule has 1 aromatic heterocycles. The van der Waals surface area contributed by atoms with Crippen LogP contribution < -0.4 is 9.80 Å². The third kappa shape index (κ3) is 2.45. The Balaban J connectivity index is 1.94. The standard InChI is InChI=1S/C21H22N4/c1-14-10-8-9-13-19(14)25-17(4)24(18-11-6-5-7-12-18)20-21(25)23-16(3)15(2)22-20/h5-13,17H,1-4H3/t17-/m0/s1. The second-order valence-electron chi connectivity index (χ2n) is 6.54. The highest BCUT2D eigenvalue weighted by molar-refractivity contribution is 5.84. The molecule has 0 radical (unpaired) electrons. The van der Waals surface area contributed by atoms with Crippen LogP contribution in [-0.2, 0) is 0 Å². The Labute approximate surface area is 148 Å². The molecule has 126 valence electrons. The SMILES string of the molecule is Cc1ccccc1N1c2nc(C)c(C)nc2N(c2ccccc2)[C@@H]1C. The number of hydrogen-bond donors (Lipinski definition) is 0. The number of benzene rings is 2. The van der Waals surface area contributed by atoms with Crippen LogP contribution in [0, 0.1) is 20.8 Å². The van der Waals surface area contributed by atoms with E-state index in [0.29, 0.717) is 0 Å². The minimum absolute atomic E-state index is 0.0969. The Morgan fingerprint density at radius 1 is 0.720 bits per heavy atom. The number of nitrogens with zero attached hydrogens (tertiary/aromatic N) is 4. The Morgan fingerprint density at radius 3 is 1.92 bits per heavy atom. The molecule has 4 heteroatoms. The molecule has 0 unspecified atom stereocenters. The quantitative estimate of drug-likeness (QED) is 0.659. The average molecular weight is 330 g/mol. The minimum Gasteiger partial charge on any atom is -0.302 e. The molecule has 0 aliphatic carbocycles. The normalized spacial score (nSPS) is 16.2. The van der Waals surface area contributed by atoms with E-state index < -0.39 is 0 Å². The van der Waals surface area contributed by atoms with Crippen LogP contribution in [0.15, 0.2) is 54.6 Å². The van der Waals surface area contributed by atoms with Crippen LogP contribution in [0.1, 0.15) is 23.9 Å². The summed E-state index contributed by atoms with van der Waals surface area (Å²) in [6.07, 6.45) is 0.0969. The summed E-state index contributed by atoms with van der Waals surface area (Å²) < 4.78 is 0. The molecule has 2 heterocycles. The molecule has 0 N–H and O–H groups in total. The topological polar surface area (TPSA) is 32.3 Å². The maximum atomic E-state index is 4.90. The zero-order valence-electron chi connectivity index (χ0n) is 15.1. The molecule has 0 spiro atoms. The number of aryl methyl sites for hydroxylation is 3. The Morgan fingerprint density at radius 2 is 1.28 bits per heavy atom. The predicted molar refractivity (Wildman–Crippen MR) is 103 cm³/mol. The van der Waals surface area contributed by atoms with Crippen molar-refractivity contribution in [1.29, 1.82) is 0 Å². The van der Waals surface area contributed by atoms with Gasteiger partial charge in [0.2, 0.25) is 0 Å². The fraction of sp³-hybridized carbons (Fsp3) is 0.238. The lowest BCUT2D eigenvalue weighted by molar-refractivity contribution is 0.752. The van der Waals surface area contributed by atoms with E-state index in [0.717, 1.165) is 28.7 Å². The van der Waals surface area contributed by atoms with Crippen molar-refractivity contribution < 1.29 is 0 Å². The van der Waals surface area contributed by atoms with Crippen LogP contribution in [0.5, 0.6) is 0 Å². The first-order chi connectivity index (χ1) is 12.1. The second-order valence-corrected chi connectivity index (χ2v) is 6.54. The van der Waals surface area contributed by atoms with Crippen LogP contribution in [0.4, 0.5) is 23.0 Å². The third-order valence-electron chi connectivity index (χ3n) is 4.88. The zero-order chi connectivity index (χ0) is 17.6. The Hall–Kier alpha value is -2.88. The lowest BCUT2D eigenvalue weighted by Crippen LogP contribution is -2.35. The summed E-state index contributed by atoms with van der Waals surface area (Å²) in [5, 5.41) is 0. The number of fused-ring (bicyclic) bond motifs is 1. The summed E-state index contributed by atoms with van der Waals surface area (Å²) in [5.74, 6) is 1.85. The molecule has 0 saturated carbocycles. The lowest BCUT2D eigenvalue weighted by atomic mass is 10.2. The molecule has 0 bridgehead atoms. The summed E-state index contributed by atoms with van der Waals surface area (Å²) in [6, 6.07) is 18.9. The summed E-state index contributed by atoms with van der Waals surface area (Å²) >= 11 is 0. The van der Waals surface area contributed by atoms with Gasteiger partial charge in [-0.05, 0) is 51.5 Å². The first-order valence-corrected chi connectivity index (χ1v) is 8.62. The van der Waals surface area contributed by atoms with Crippen molar-refractivity contribution in [2.45, 2.75) is 33.9 Å². The van der Waals surface area contributed by atoms with E-state index in [1.165, 1.54) is 11.3 Å². The third-order valence-corrected chi connectivity index (χ3v) is 4.88. The van der Waals surface area contributed by atoms with Crippen molar-refractivity contribution in [3.63, 3.8) is 0 Å². The van der Waals surface area contributed by atoms with Crippen LogP contribution in [0.3, 0.4) is 0 Å². The van der Waals surface area contributed by atoms with Crippen LogP contribution in [-0.4, -0.2) is 16.1 Å². The number of anilines is 4. The van der Waals surface area contributed by atoms with Crippen molar-refractivity contribution in [3.05, 3.63) is 71.5 Å². The van der Waals surface area contributed by atoms with Gasteiger partial charge in [0.15, 0.2) is 11.6 Å². The second kappa shape index (κ2) is 5.88. The molecular formula is C21H22N4. The number of para-hydroxylation sites is 2. The summed E-state index contributed by atoms with van der Waals surface area (Å²) in [7, 11) is 0. The monoisotopic (exact) mass is 330 g/mol.